The molecule has 4 aromatic rings. The molecule has 0 aliphatic heterocycles. The van der Waals surface area contributed by atoms with Crippen LogP contribution in [0, 0.1) is 13.8 Å². The van der Waals surface area contributed by atoms with Crippen LogP contribution in [0.15, 0.2) is 77.4 Å². The minimum atomic E-state index is -0.142. The standard InChI is InChI=1S/C23H19BrN4O/c1-15-3-4-16(2)21(13-15)26-23(29)18-7-11-20(12-8-18)28-22(14-25-27-28)17-5-9-19(24)10-6-17/h3-14H,1-2H3,(H,26,29). The number of rotatable bonds is 4. The highest BCUT2D eigenvalue weighted by molar-refractivity contribution is 9.10. The van der Waals surface area contributed by atoms with Crippen molar-refractivity contribution in [2.75, 3.05) is 5.32 Å². The van der Waals surface area contributed by atoms with Crippen molar-refractivity contribution in [1.29, 1.82) is 0 Å². The number of amides is 1. The molecule has 4 rings (SSSR count). The van der Waals surface area contributed by atoms with Gasteiger partial charge in [-0.2, -0.15) is 0 Å². The second-order valence-corrected chi connectivity index (χ2v) is 7.77. The normalized spacial score (nSPS) is 10.7. The number of aryl methyl sites for hydroxylation is 2. The van der Waals surface area contributed by atoms with Gasteiger partial charge in [-0.3, -0.25) is 4.79 Å². The number of nitrogens with one attached hydrogen (secondary N) is 1. The lowest BCUT2D eigenvalue weighted by atomic mass is 10.1. The highest BCUT2D eigenvalue weighted by atomic mass is 79.9. The maximum Gasteiger partial charge on any atom is 0.255 e. The van der Waals surface area contributed by atoms with Gasteiger partial charge in [-0.25, -0.2) is 4.68 Å². The van der Waals surface area contributed by atoms with Crippen LogP contribution in [-0.2, 0) is 0 Å². The zero-order valence-electron chi connectivity index (χ0n) is 16.1. The van der Waals surface area contributed by atoms with E-state index in [-0.39, 0.29) is 5.91 Å². The number of hydrogen-bond acceptors (Lipinski definition) is 3. The topological polar surface area (TPSA) is 59.8 Å². The van der Waals surface area contributed by atoms with Crippen molar-refractivity contribution in [2.45, 2.75) is 13.8 Å². The Hall–Kier alpha value is -3.25. The number of carbonyl (C=O) groups is 1. The van der Waals surface area contributed by atoms with Gasteiger partial charge in [0.05, 0.1) is 17.6 Å². The Bertz CT molecular complexity index is 1160. The Morgan fingerprint density at radius 2 is 1.69 bits per heavy atom. The molecule has 0 radical (unpaired) electrons. The molecule has 0 bridgehead atoms. The molecule has 0 fully saturated rings. The smallest absolute Gasteiger partial charge is 0.255 e. The van der Waals surface area contributed by atoms with Gasteiger partial charge in [-0.1, -0.05) is 45.4 Å². The highest BCUT2D eigenvalue weighted by Gasteiger charge is 2.11. The first-order valence-corrected chi connectivity index (χ1v) is 9.96. The van der Waals surface area contributed by atoms with Crippen LogP contribution >= 0.6 is 15.9 Å². The Morgan fingerprint density at radius 3 is 2.41 bits per heavy atom. The lowest BCUT2D eigenvalue weighted by Crippen LogP contribution is -2.13. The van der Waals surface area contributed by atoms with Crippen LogP contribution in [0.1, 0.15) is 21.5 Å². The third-order valence-corrected chi connectivity index (χ3v) is 5.23. The Labute approximate surface area is 177 Å². The molecular weight excluding hydrogens is 428 g/mol. The van der Waals surface area contributed by atoms with Gasteiger partial charge in [0.1, 0.15) is 0 Å². The van der Waals surface area contributed by atoms with Crippen molar-refractivity contribution >= 4 is 27.5 Å². The summed E-state index contributed by atoms with van der Waals surface area (Å²) in [5, 5.41) is 11.2. The predicted molar refractivity (Wildman–Crippen MR) is 118 cm³/mol. The van der Waals surface area contributed by atoms with Crippen LogP contribution in [0.3, 0.4) is 0 Å². The molecule has 0 saturated heterocycles. The van der Waals surface area contributed by atoms with Crippen molar-refractivity contribution in [1.82, 2.24) is 15.0 Å². The van der Waals surface area contributed by atoms with Crippen molar-refractivity contribution in [3.05, 3.63) is 94.1 Å². The fourth-order valence-electron chi connectivity index (χ4n) is 3.06. The van der Waals surface area contributed by atoms with Gasteiger partial charge in [-0.15, -0.1) is 5.10 Å². The van der Waals surface area contributed by atoms with Gasteiger partial charge in [-0.05, 0) is 67.4 Å². The molecule has 1 N–H and O–H groups in total. The van der Waals surface area contributed by atoms with Gasteiger partial charge in [0, 0.05) is 21.3 Å². The first-order chi connectivity index (χ1) is 14.0. The zero-order chi connectivity index (χ0) is 20.4. The fraction of sp³-hybridized carbons (Fsp3) is 0.0870. The summed E-state index contributed by atoms with van der Waals surface area (Å²) >= 11 is 3.45. The number of halogens is 1. The number of benzene rings is 3. The van der Waals surface area contributed by atoms with Gasteiger partial charge in [0.15, 0.2) is 0 Å². The molecule has 1 heterocycles. The Balaban J connectivity index is 1.57. The van der Waals surface area contributed by atoms with E-state index < -0.39 is 0 Å². The van der Waals surface area contributed by atoms with Crippen LogP contribution < -0.4 is 5.32 Å². The summed E-state index contributed by atoms with van der Waals surface area (Å²) in [6, 6.07) is 21.3. The van der Waals surface area contributed by atoms with Crippen molar-refractivity contribution in [2.24, 2.45) is 0 Å². The molecule has 1 aromatic heterocycles. The Morgan fingerprint density at radius 1 is 0.966 bits per heavy atom. The summed E-state index contributed by atoms with van der Waals surface area (Å²) in [6.07, 6.45) is 1.73. The van der Waals surface area contributed by atoms with Gasteiger partial charge in [0.25, 0.3) is 5.91 Å². The van der Waals surface area contributed by atoms with E-state index in [0.29, 0.717) is 5.56 Å². The summed E-state index contributed by atoms with van der Waals surface area (Å²) in [6.45, 7) is 3.98. The van der Waals surface area contributed by atoms with Crippen LogP contribution in [0.4, 0.5) is 5.69 Å². The molecule has 1 amide bonds. The first kappa shape index (κ1) is 19.1. The summed E-state index contributed by atoms with van der Waals surface area (Å²) in [4.78, 5) is 12.6. The van der Waals surface area contributed by atoms with Gasteiger partial charge >= 0.3 is 0 Å². The van der Waals surface area contributed by atoms with Crippen LogP contribution in [0.25, 0.3) is 16.9 Å². The number of anilines is 1. The lowest BCUT2D eigenvalue weighted by molar-refractivity contribution is 0.102. The number of hydrogen-bond donors (Lipinski definition) is 1. The van der Waals surface area contributed by atoms with Crippen LogP contribution in [0.2, 0.25) is 0 Å². The number of nitrogens with zero attached hydrogens (tertiary/aromatic N) is 3. The maximum absolute atomic E-state index is 12.6. The largest absolute Gasteiger partial charge is 0.322 e. The highest BCUT2D eigenvalue weighted by Crippen LogP contribution is 2.24. The number of carbonyl (C=O) groups excluding carboxylic acids is 1. The molecule has 0 aliphatic rings. The third-order valence-electron chi connectivity index (χ3n) is 4.70. The SMILES string of the molecule is Cc1ccc(C)c(NC(=O)c2ccc(-n3nncc3-c3ccc(Br)cc3)cc2)c1. The molecule has 6 heteroatoms. The van der Waals surface area contributed by atoms with E-state index >= 15 is 0 Å². The Kier molecular flexibility index (Phi) is 5.27. The van der Waals surface area contributed by atoms with Crippen LogP contribution in [0.5, 0.6) is 0 Å². The van der Waals surface area contributed by atoms with E-state index in [2.05, 4.69) is 31.6 Å². The molecular formula is C23H19BrN4O. The summed E-state index contributed by atoms with van der Waals surface area (Å²) in [5.41, 5.74) is 6.27. The van der Waals surface area contributed by atoms with E-state index in [1.54, 1.807) is 23.0 Å². The average molecular weight is 447 g/mol. The second kappa shape index (κ2) is 8.01. The number of aromatic nitrogens is 3. The minimum Gasteiger partial charge on any atom is -0.322 e. The van der Waals surface area contributed by atoms with Crippen molar-refractivity contribution in [3.8, 4) is 16.9 Å². The van der Waals surface area contributed by atoms with Gasteiger partial charge < -0.3 is 5.32 Å². The van der Waals surface area contributed by atoms with Crippen LogP contribution in [-0.4, -0.2) is 20.9 Å². The van der Waals surface area contributed by atoms with E-state index in [9.17, 15) is 4.79 Å². The molecule has 0 saturated carbocycles. The molecule has 144 valence electrons. The summed E-state index contributed by atoms with van der Waals surface area (Å²) < 4.78 is 2.77. The second-order valence-electron chi connectivity index (χ2n) is 6.86. The van der Waals surface area contributed by atoms with Crippen molar-refractivity contribution < 1.29 is 4.79 Å². The molecule has 0 spiro atoms. The first-order valence-electron chi connectivity index (χ1n) is 9.17. The van der Waals surface area contributed by atoms with E-state index in [4.69, 9.17) is 0 Å². The molecule has 29 heavy (non-hydrogen) atoms. The van der Waals surface area contributed by atoms with Crippen molar-refractivity contribution in [3.63, 3.8) is 0 Å². The zero-order valence-corrected chi connectivity index (χ0v) is 17.6. The molecule has 5 nitrogen and oxygen atoms in total. The predicted octanol–water partition coefficient (Wildman–Crippen LogP) is 5.57. The third kappa shape index (κ3) is 4.12. The minimum absolute atomic E-state index is 0.142. The molecule has 0 unspecified atom stereocenters. The molecule has 0 aliphatic carbocycles. The van der Waals surface area contributed by atoms with E-state index in [1.807, 2.05) is 68.4 Å². The van der Waals surface area contributed by atoms with E-state index in [1.165, 1.54) is 0 Å². The summed E-state index contributed by atoms with van der Waals surface area (Å²) in [7, 11) is 0. The van der Waals surface area contributed by atoms with E-state index in [0.717, 1.165) is 38.2 Å². The molecule has 0 atom stereocenters. The average Bonchev–Trinajstić information content (AvgIpc) is 3.21. The molecule has 3 aromatic carbocycles. The lowest BCUT2D eigenvalue weighted by Gasteiger charge is -2.10. The summed E-state index contributed by atoms with van der Waals surface area (Å²) in [5.74, 6) is -0.142. The maximum atomic E-state index is 12.6. The quantitative estimate of drug-likeness (QED) is 0.445. The monoisotopic (exact) mass is 446 g/mol. The fourth-order valence-corrected chi connectivity index (χ4v) is 3.33. The van der Waals surface area contributed by atoms with Gasteiger partial charge in [0.2, 0.25) is 0 Å².